The Balaban J connectivity index is 1.71. The number of nitrogens with one attached hydrogen (secondary N) is 2. The second kappa shape index (κ2) is 7.98. The van der Waals surface area contributed by atoms with E-state index in [1.165, 1.54) is 41.4 Å². The summed E-state index contributed by atoms with van der Waals surface area (Å²) >= 11 is 0. The van der Waals surface area contributed by atoms with Crippen LogP contribution >= 0.6 is 0 Å². The molecule has 2 aliphatic heterocycles. The molecule has 0 amide bonds. The number of benzene rings is 1. The number of imidazole rings is 1. The summed E-state index contributed by atoms with van der Waals surface area (Å²) in [5.74, 6) is -1.20. The minimum absolute atomic E-state index is 0.109. The largest absolute Gasteiger partial charge is 0.430 e. The van der Waals surface area contributed by atoms with Crippen LogP contribution in [-0.4, -0.2) is 59.6 Å². The number of sulfonamides is 1. The second-order valence-electron chi connectivity index (χ2n) is 7.63. The Morgan fingerprint density at radius 3 is 2.50 bits per heavy atom. The molecule has 4 rings (SSSR count). The fourth-order valence-electron chi connectivity index (χ4n) is 3.82. The highest BCUT2D eigenvalue weighted by molar-refractivity contribution is 7.89. The van der Waals surface area contributed by atoms with Crippen LogP contribution < -0.4 is 10.6 Å². The first-order chi connectivity index (χ1) is 15.0. The lowest BCUT2D eigenvalue weighted by Gasteiger charge is -2.35. The molecule has 1 fully saturated rings. The van der Waals surface area contributed by atoms with Crippen molar-refractivity contribution in [3.05, 3.63) is 60.4 Å². The van der Waals surface area contributed by atoms with Crippen molar-refractivity contribution in [3.63, 3.8) is 0 Å². The summed E-state index contributed by atoms with van der Waals surface area (Å²) in [4.78, 5) is 7.46. The van der Waals surface area contributed by atoms with E-state index in [1.54, 1.807) is 7.05 Å². The van der Waals surface area contributed by atoms with Crippen LogP contribution in [0.25, 0.3) is 0 Å². The van der Waals surface area contributed by atoms with Crippen molar-refractivity contribution in [2.24, 2.45) is 12.0 Å². The first-order valence-corrected chi connectivity index (χ1v) is 11.0. The van der Waals surface area contributed by atoms with Crippen LogP contribution in [0.5, 0.6) is 0 Å². The average molecular weight is 472 g/mol. The quantitative estimate of drug-likeness (QED) is 0.647. The molecule has 3 heterocycles. The predicted molar refractivity (Wildman–Crippen MR) is 108 cm³/mol. The van der Waals surface area contributed by atoms with Crippen LogP contribution in [0.4, 0.5) is 17.6 Å². The molecule has 8 nitrogen and oxygen atoms in total. The molecule has 0 spiro atoms. The summed E-state index contributed by atoms with van der Waals surface area (Å²) in [6.45, 7) is -0.364. The fourth-order valence-corrected chi connectivity index (χ4v) is 5.28. The van der Waals surface area contributed by atoms with Gasteiger partial charge in [-0.2, -0.15) is 17.5 Å². The molecule has 2 aliphatic rings. The molecule has 1 aromatic carbocycles. The lowest BCUT2D eigenvalue weighted by molar-refractivity contribution is -0.181. The van der Waals surface area contributed by atoms with Gasteiger partial charge in [0, 0.05) is 44.5 Å². The van der Waals surface area contributed by atoms with Gasteiger partial charge in [0.1, 0.15) is 5.82 Å². The first-order valence-electron chi connectivity index (χ1n) is 9.57. The third kappa shape index (κ3) is 4.02. The summed E-state index contributed by atoms with van der Waals surface area (Å²) in [6, 6.07) is 4.27. The van der Waals surface area contributed by atoms with E-state index in [0.717, 1.165) is 22.9 Å². The molecule has 1 unspecified atom stereocenters. The van der Waals surface area contributed by atoms with Crippen LogP contribution in [0.3, 0.4) is 0 Å². The maximum Gasteiger partial charge on any atom is 0.430 e. The monoisotopic (exact) mass is 472 g/mol. The van der Waals surface area contributed by atoms with E-state index in [4.69, 9.17) is 0 Å². The van der Waals surface area contributed by atoms with Crippen molar-refractivity contribution in [3.8, 4) is 0 Å². The zero-order chi connectivity index (χ0) is 23.1. The van der Waals surface area contributed by atoms with Gasteiger partial charge >= 0.3 is 6.18 Å². The van der Waals surface area contributed by atoms with Gasteiger partial charge < -0.3 is 9.88 Å². The topological polar surface area (TPSA) is 91.6 Å². The molecule has 1 aromatic heterocycles. The van der Waals surface area contributed by atoms with E-state index in [2.05, 4.69) is 20.6 Å². The number of aryl methyl sites for hydroxylation is 1. The van der Waals surface area contributed by atoms with Gasteiger partial charge in [0.15, 0.2) is 5.03 Å². The first kappa shape index (κ1) is 22.4. The third-order valence-corrected chi connectivity index (χ3v) is 7.19. The Labute approximate surface area is 181 Å². The fraction of sp³-hybridized carbons (Fsp3) is 0.368. The van der Waals surface area contributed by atoms with Crippen LogP contribution in [-0.2, 0) is 17.1 Å². The Hall–Kier alpha value is -2.77. The highest BCUT2D eigenvalue weighted by Crippen LogP contribution is 2.38. The number of rotatable bonds is 5. The van der Waals surface area contributed by atoms with E-state index >= 15 is 0 Å². The van der Waals surface area contributed by atoms with E-state index in [9.17, 15) is 26.0 Å². The van der Waals surface area contributed by atoms with Gasteiger partial charge in [-0.15, -0.1) is 0 Å². The molecule has 2 N–H and O–H groups in total. The molecule has 172 valence electrons. The maximum absolute atomic E-state index is 14.0. The molecule has 32 heavy (non-hydrogen) atoms. The normalized spacial score (nSPS) is 26.4. The number of alkyl halides is 3. The van der Waals surface area contributed by atoms with Crippen LogP contribution in [0.15, 0.2) is 59.1 Å². The average Bonchev–Trinajstić information content (AvgIpc) is 3.36. The lowest BCUT2D eigenvalue weighted by Crippen LogP contribution is -2.60. The molecule has 2 aromatic rings. The molecule has 0 bridgehead atoms. The standard InChI is InChI=1S/C19H20F4N6O2S/c1-28-10-17(25-12-28)32(30,31)29-8-15(13-2-4-14(20)5-3-13)16(9-29)27-18(19(21,22)23)6-7-24-11-26-18/h2-7,10-12,15-16,27H,8-9H2,1H3,(H,24,26)/t15-,16+,18?/m1/s1. The number of halogens is 4. The van der Waals surface area contributed by atoms with E-state index in [0.29, 0.717) is 5.56 Å². The molecular weight excluding hydrogens is 452 g/mol. The number of aliphatic imine (C=N–C) groups is 1. The summed E-state index contributed by atoms with van der Waals surface area (Å²) < 4.78 is 84.1. The summed E-state index contributed by atoms with van der Waals surface area (Å²) in [7, 11) is -2.45. The lowest BCUT2D eigenvalue weighted by atomic mass is 9.92. The Kier molecular flexibility index (Phi) is 5.59. The third-order valence-electron chi connectivity index (χ3n) is 5.47. The number of hydrogen-bond donors (Lipinski definition) is 2. The summed E-state index contributed by atoms with van der Waals surface area (Å²) in [6.07, 6.45) is 0.721. The maximum atomic E-state index is 14.0. The molecule has 1 saturated heterocycles. The van der Waals surface area contributed by atoms with Crippen LogP contribution in [0, 0.1) is 5.82 Å². The SMILES string of the molecule is Cn1cnc(S(=O)(=O)N2C[C@H](NC3(C(F)(F)F)C=CNC=N3)[C@@H](c3ccc(F)cc3)C2)c1. The van der Waals surface area contributed by atoms with Crippen LogP contribution in [0.1, 0.15) is 11.5 Å². The summed E-state index contributed by atoms with van der Waals surface area (Å²) in [5, 5.41) is 4.78. The molecule has 0 radical (unpaired) electrons. The number of aromatic nitrogens is 2. The minimum atomic E-state index is -4.79. The van der Waals surface area contributed by atoms with Crippen molar-refractivity contribution >= 4 is 16.4 Å². The van der Waals surface area contributed by atoms with Crippen molar-refractivity contribution in [1.29, 1.82) is 0 Å². The van der Waals surface area contributed by atoms with Crippen molar-refractivity contribution in [1.82, 2.24) is 24.5 Å². The van der Waals surface area contributed by atoms with Gasteiger partial charge in [0.05, 0.1) is 12.7 Å². The molecule has 3 atom stereocenters. The predicted octanol–water partition coefficient (Wildman–Crippen LogP) is 1.71. The highest BCUT2D eigenvalue weighted by Gasteiger charge is 2.56. The van der Waals surface area contributed by atoms with Gasteiger partial charge in [-0.25, -0.2) is 22.8 Å². The minimum Gasteiger partial charge on any atom is -0.353 e. The van der Waals surface area contributed by atoms with Gasteiger partial charge in [-0.05, 0) is 23.8 Å². The van der Waals surface area contributed by atoms with Crippen LogP contribution in [0.2, 0.25) is 0 Å². The number of nitrogens with zero attached hydrogens (tertiary/aromatic N) is 4. The second-order valence-corrected chi connectivity index (χ2v) is 9.52. The van der Waals surface area contributed by atoms with Crippen molar-refractivity contribution in [2.75, 3.05) is 13.1 Å². The van der Waals surface area contributed by atoms with Gasteiger partial charge in [0.25, 0.3) is 10.0 Å². The Bertz CT molecular complexity index is 1130. The zero-order valence-electron chi connectivity index (χ0n) is 16.8. The molecular formula is C19H20F4N6O2S. The highest BCUT2D eigenvalue weighted by atomic mass is 32.2. The van der Waals surface area contributed by atoms with Gasteiger partial charge in [-0.1, -0.05) is 12.1 Å². The molecule has 0 aliphatic carbocycles. The van der Waals surface area contributed by atoms with E-state index in [-0.39, 0.29) is 18.1 Å². The van der Waals surface area contributed by atoms with Gasteiger partial charge in [0.2, 0.25) is 5.66 Å². The van der Waals surface area contributed by atoms with Gasteiger partial charge in [-0.3, -0.25) is 5.32 Å². The van der Waals surface area contributed by atoms with Crippen molar-refractivity contribution < 1.29 is 26.0 Å². The smallest absolute Gasteiger partial charge is 0.353 e. The molecule has 13 heteroatoms. The van der Waals surface area contributed by atoms with E-state index in [1.807, 2.05) is 0 Å². The Morgan fingerprint density at radius 1 is 1.22 bits per heavy atom. The van der Waals surface area contributed by atoms with Crippen molar-refractivity contribution in [2.45, 2.75) is 28.8 Å². The molecule has 0 saturated carbocycles. The number of hydrogen-bond acceptors (Lipinski definition) is 6. The van der Waals surface area contributed by atoms with E-state index < -0.39 is 39.6 Å². The summed E-state index contributed by atoms with van der Waals surface area (Å²) in [5.41, 5.74) is -2.23. The zero-order valence-corrected chi connectivity index (χ0v) is 17.6. The Morgan fingerprint density at radius 2 is 1.94 bits per heavy atom.